The molecule has 0 aromatic rings. The monoisotopic (exact) mass is 139 g/mol. The fourth-order valence-corrected chi connectivity index (χ4v) is 0.451. The van der Waals surface area contributed by atoms with Crippen LogP contribution in [0.4, 0.5) is 0 Å². The average molecular weight is 139 g/mol. The van der Waals surface area contributed by atoms with Gasteiger partial charge >= 0.3 is 5.97 Å². The van der Waals surface area contributed by atoms with Crippen molar-refractivity contribution in [2.24, 2.45) is 0 Å². The molecule has 0 aliphatic heterocycles. The summed E-state index contributed by atoms with van der Waals surface area (Å²) in [5.41, 5.74) is 0.592. The molecular formula is C7H9NO2. The highest BCUT2D eigenvalue weighted by atomic mass is 16.5. The van der Waals surface area contributed by atoms with Gasteiger partial charge in [-0.05, 0) is 0 Å². The number of carbonyl (C=O) groups is 1. The zero-order valence-electron chi connectivity index (χ0n) is 5.89. The number of rotatable bonds is 3. The lowest BCUT2D eigenvalue weighted by Gasteiger charge is -1.97. The zero-order valence-corrected chi connectivity index (χ0v) is 5.89. The van der Waals surface area contributed by atoms with Crippen LogP contribution in [0.15, 0.2) is 12.2 Å². The Balaban J connectivity index is 3.60. The van der Waals surface area contributed by atoms with Crippen molar-refractivity contribution in [2.75, 3.05) is 7.11 Å². The van der Waals surface area contributed by atoms with Crippen LogP contribution in [0.2, 0.25) is 0 Å². The Morgan fingerprint density at radius 3 is 2.80 bits per heavy atom. The third-order valence-corrected chi connectivity index (χ3v) is 0.951. The zero-order chi connectivity index (χ0) is 7.98. The van der Waals surface area contributed by atoms with E-state index in [9.17, 15) is 4.79 Å². The van der Waals surface area contributed by atoms with Gasteiger partial charge in [-0.3, -0.25) is 4.79 Å². The lowest BCUT2D eigenvalue weighted by molar-refractivity contribution is -0.139. The van der Waals surface area contributed by atoms with E-state index in [0.29, 0.717) is 5.57 Å². The standard InChI is InChI=1S/C7H9NO2/c1-6(3-4-8)5-7(9)10-2/h1,3,5H2,2H3. The third kappa shape index (κ3) is 3.67. The minimum Gasteiger partial charge on any atom is -0.469 e. The first-order valence-electron chi connectivity index (χ1n) is 2.81. The first kappa shape index (κ1) is 8.70. The highest BCUT2D eigenvalue weighted by Crippen LogP contribution is 2.02. The van der Waals surface area contributed by atoms with Crippen LogP contribution in [0, 0.1) is 11.3 Å². The molecule has 0 aromatic heterocycles. The SMILES string of the molecule is C=C(CC#N)CC(=O)OC. The molecule has 0 amide bonds. The number of hydrogen-bond donors (Lipinski definition) is 0. The number of carbonyl (C=O) groups excluding carboxylic acids is 1. The van der Waals surface area contributed by atoms with Gasteiger partial charge in [0.25, 0.3) is 0 Å². The van der Waals surface area contributed by atoms with E-state index in [2.05, 4.69) is 11.3 Å². The van der Waals surface area contributed by atoms with Crippen LogP contribution >= 0.6 is 0 Å². The summed E-state index contributed by atoms with van der Waals surface area (Å²) >= 11 is 0. The summed E-state index contributed by atoms with van der Waals surface area (Å²) < 4.78 is 4.36. The van der Waals surface area contributed by atoms with Gasteiger partial charge in [-0.25, -0.2) is 0 Å². The van der Waals surface area contributed by atoms with E-state index in [4.69, 9.17) is 5.26 Å². The molecule has 0 aromatic carbocycles. The first-order chi connectivity index (χ1) is 4.70. The van der Waals surface area contributed by atoms with Gasteiger partial charge in [-0.1, -0.05) is 12.2 Å². The van der Waals surface area contributed by atoms with Crippen LogP contribution in [0.25, 0.3) is 0 Å². The number of esters is 1. The van der Waals surface area contributed by atoms with E-state index >= 15 is 0 Å². The third-order valence-electron chi connectivity index (χ3n) is 0.951. The van der Waals surface area contributed by atoms with Crippen molar-refractivity contribution in [3.8, 4) is 6.07 Å². The van der Waals surface area contributed by atoms with Crippen LogP contribution in [0.3, 0.4) is 0 Å². The second-order valence-corrected chi connectivity index (χ2v) is 1.84. The topological polar surface area (TPSA) is 50.1 Å². The van der Waals surface area contributed by atoms with E-state index < -0.39 is 0 Å². The molecule has 0 aliphatic rings. The van der Waals surface area contributed by atoms with E-state index in [1.165, 1.54) is 7.11 Å². The van der Waals surface area contributed by atoms with Crippen LogP contribution in [0.1, 0.15) is 12.8 Å². The molecule has 54 valence electrons. The maximum absolute atomic E-state index is 10.5. The van der Waals surface area contributed by atoms with Crippen molar-refractivity contribution < 1.29 is 9.53 Å². The normalized spacial score (nSPS) is 8.00. The second kappa shape index (κ2) is 4.57. The predicted octanol–water partition coefficient (Wildman–Crippen LogP) is 1.02. The highest BCUT2D eigenvalue weighted by Gasteiger charge is 2.01. The maximum Gasteiger partial charge on any atom is 0.309 e. The van der Waals surface area contributed by atoms with Crippen LogP contribution < -0.4 is 0 Å². The average Bonchev–Trinajstić information content (AvgIpc) is 1.88. The van der Waals surface area contributed by atoms with E-state index in [0.717, 1.165) is 0 Å². The molecule has 0 aliphatic carbocycles. The predicted molar refractivity (Wildman–Crippen MR) is 36.0 cm³/mol. The van der Waals surface area contributed by atoms with E-state index in [-0.39, 0.29) is 18.8 Å². The summed E-state index contributed by atoms with van der Waals surface area (Å²) in [5, 5.41) is 8.16. The maximum atomic E-state index is 10.5. The molecular weight excluding hydrogens is 130 g/mol. The molecule has 0 bridgehead atoms. The van der Waals surface area contributed by atoms with Crippen molar-refractivity contribution in [1.29, 1.82) is 5.26 Å². The van der Waals surface area contributed by atoms with Gasteiger partial charge in [-0.2, -0.15) is 5.26 Å². The van der Waals surface area contributed by atoms with Gasteiger partial charge in [-0.15, -0.1) is 0 Å². The second-order valence-electron chi connectivity index (χ2n) is 1.84. The minimum atomic E-state index is -0.347. The Kier molecular flexibility index (Phi) is 3.97. The largest absolute Gasteiger partial charge is 0.469 e. The number of nitrogens with zero attached hydrogens (tertiary/aromatic N) is 1. The Hall–Kier alpha value is -1.30. The number of nitriles is 1. The van der Waals surface area contributed by atoms with Gasteiger partial charge in [0.1, 0.15) is 0 Å². The number of methoxy groups -OCH3 is 1. The van der Waals surface area contributed by atoms with Crippen molar-refractivity contribution in [1.82, 2.24) is 0 Å². The molecule has 0 N–H and O–H groups in total. The van der Waals surface area contributed by atoms with Crippen molar-refractivity contribution in [3.05, 3.63) is 12.2 Å². The quantitative estimate of drug-likeness (QED) is 0.433. The molecule has 0 spiro atoms. The Morgan fingerprint density at radius 2 is 2.40 bits per heavy atom. The Morgan fingerprint density at radius 1 is 1.80 bits per heavy atom. The fourth-order valence-electron chi connectivity index (χ4n) is 0.451. The van der Waals surface area contributed by atoms with E-state index in [1.54, 1.807) is 0 Å². The highest BCUT2D eigenvalue weighted by molar-refractivity contribution is 5.72. The summed E-state index contributed by atoms with van der Waals surface area (Å²) in [7, 11) is 1.31. The summed E-state index contributed by atoms with van der Waals surface area (Å²) in [6.07, 6.45) is 0.360. The Bertz CT molecular complexity index is 179. The molecule has 0 saturated carbocycles. The molecule has 10 heavy (non-hydrogen) atoms. The van der Waals surface area contributed by atoms with Crippen molar-refractivity contribution >= 4 is 5.97 Å². The van der Waals surface area contributed by atoms with Gasteiger partial charge in [0.15, 0.2) is 0 Å². The van der Waals surface area contributed by atoms with Crippen LogP contribution in [-0.4, -0.2) is 13.1 Å². The fraction of sp³-hybridized carbons (Fsp3) is 0.429. The molecule has 0 fully saturated rings. The molecule has 0 rings (SSSR count). The summed E-state index contributed by atoms with van der Waals surface area (Å²) in [5.74, 6) is -0.347. The molecule has 0 atom stereocenters. The van der Waals surface area contributed by atoms with Gasteiger partial charge < -0.3 is 4.74 Å². The lowest BCUT2D eigenvalue weighted by atomic mass is 10.2. The number of hydrogen-bond acceptors (Lipinski definition) is 3. The summed E-state index contributed by atoms with van der Waals surface area (Å²) in [6, 6.07) is 1.89. The molecule has 3 heteroatoms. The number of ether oxygens (including phenoxy) is 1. The first-order valence-corrected chi connectivity index (χ1v) is 2.81. The van der Waals surface area contributed by atoms with Gasteiger partial charge in [0, 0.05) is 0 Å². The molecule has 0 heterocycles. The van der Waals surface area contributed by atoms with Crippen LogP contribution in [-0.2, 0) is 9.53 Å². The van der Waals surface area contributed by atoms with E-state index in [1.807, 2.05) is 6.07 Å². The lowest BCUT2D eigenvalue weighted by Crippen LogP contribution is -2.00. The summed E-state index contributed by atoms with van der Waals surface area (Å²) in [4.78, 5) is 10.5. The van der Waals surface area contributed by atoms with Gasteiger partial charge in [0.2, 0.25) is 0 Å². The van der Waals surface area contributed by atoms with Crippen molar-refractivity contribution in [2.45, 2.75) is 12.8 Å². The van der Waals surface area contributed by atoms with Crippen LogP contribution in [0.5, 0.6) is 0 Å². The smallest absolute Gasteiger partial charge is 0.309 e. The molecule has 3 nitrogen and oxygen atoms in total. The molecule has 0 saturated heterocycles. The summed E-state index contributed by atoms with van der Waals surface area (Å²) in [6.45, 7) is 3.51. The van der Waals surface area contributed by atoms with Gasteiger partial charge in [0.05, 0.1) is 26.0 Å². The Labute approximate surface area is 59.9 Å². The van der Waals surface area contributed by atoms with Crippen molar-refractivity contribution in [3.63, 3.8) is 0 Å². The molecule has 0 unspecified atom stereocenters. The molecule has 0 radical (unpaired) electrons. The minimum absolute atomic E-state index is 0.143.